The fourth-order valence-corrected chi connectivity index (χ4v) is 3.48. The number of rotatable bonds is 1. The number of carbonyl (C=O) groups excluding carboxylic acids is 1. The maximum Gasteiger partial charge on any atom is 0.410 e. The molecular formula is C16H28F2N2O2. The molecule has 0 aromatic heterocycles. The van der Waals surface area contributed by atoms with E-state index < -0.39 is 17.1 Å². The largest absolute Gasteiger partial charge is 0.444 e. The van der Waals surface area contributed by atoms with Gasteiger partial charge in [-0.2, -0.15) is 0 Å². The van der Waals surface area contributed by atoms with Crippen molar-refractivity contribution < 1.29 is 18.3 Å². The summed E-state index contributed by atoms with van der Waals surface area (Å²) >= 11 is 0. The van der Waals surface area contributed by atoms with E-state index in [1.54, 1.807) is 4.90 Å². The highest BCUT2D eigenvalue weighted by molar-refractivity contribution is 5.69. The van der Waals surface area contributed by atoms with E-state index in [9.17, 15) is 13.6 Å². The van der Waals surface area contributed by atoms with Crippen molar-refractivity contribution in [2.24, 2.45) is 5.73 Å². The molecule has 2 aliphatic rings. The van der Waals surface area contributed by atoms with Gasteiger partial charge < -0.3 is 15.4 Å². The summed E-state index contributed by atoms with van der Waals surface area (Å²) in [6, 6.07) is -0.202. The van der Waals surface area contributed by atoms with Crippen LogP contribution >= 0.6 is 0 Å². The molecule has 1 unspecified atom stereocenters. The molecule has 128 valence electrons. The molecule has 2 rings (SSSR count). The van der Waals surface area contributed by atoms with Gasteiger partial charge in [0, 0.05) is 24.9 Å². The maximum atomic E-state index is 13.4. The average molecular weight is 318 g/mol. The summed E-state index contributed by atoms with van der Waals surface area (Å²) in [6.45, 7) is 6.06. The lowest BCUT2D eigenvalue weighted by Gasteiger charge is -2.49. The Hall–Kier alpha value is -0.910. The van der Waals surface area contributed by atoms with Crippen LogP contribution in [0.5, 0.6) is 0 Å². The van der Waals surface area contributed by atoms with Gasteiger partial charge in [-0.25, -0.2) is 13.6 Å². The predicted octanol–water partition coefficient (Wildman–Crippen LogP) is 3.68. The number of halogens is 2. The molecule has 0 radical (unpaired) electrons. The highest BCUT2D eigenvalue weighted by Gasteiger charge is 2.48. The second-order valence-corrected chi connectivity index (χ2v) is 7.77. The van der Waals surface area contributed by atoms with E-state index in [2.05, 4.69) is 0 Å². The van der Waals surface area contributed by atoms with E-state index in [0.29, 0.717) is 6.54 Å². The summed E-state index contributed by atoms with van der Waals surface area (Å²) < 4.78 is 32.3. The van der Waals surface area contributed by atoms with Crippen molar-refractivity contribution in [3.05, 3.63) is 0 Å². The second-order valence-electron chi connectivity index (χ2n) is 7.77. The summed E-state index contributed by atoms with van der Waals surface area (Å²) in [5, 5.41) is 0. The van der Waals surface area contributed by atoms with Crippen molar-refractivity contribution in [3.8, 4) is 0 Å². The predicted molar refractivity (Wildman–Crippen MR) is 80.9 cm³/mol. The third-order valence-electron chi connectivity index (χ3n) is 4.71. The van der Waals surface area contributed by atoms with Crippen molar-refractivity contribution in [1.29, 1.82) is 0 Å². The summed E-state index contributed by atoms with van der Waals surface area (Å²) in [7, 11) is 0. The molecule has 2 N–H and O–H groups in total. The number of ether oxygens (including phenoxy) is 1. The summed E-state index contributed by atoms with van der Waals surface area (Å²) in [5.41, 5.74) is 5.17. The van der Waals surface area contributed by atoms with Gasteiger partial charge in [0.15, 0.2) is 0 Å². The first-order valence-electron chi connectivity index (χ1n) is 8.19. The summed E-state index contributed by atoms with van der Waals surface area (Å²) in [5.74, 6) is -2.62. The molecule has 2 fully saturated rings. The number of likely N-dealkylation sites (tertiary alicyclic amines) is 1. The van der Waals surface area contributed by atoms with Crippen LogP contribution < -0.4 is 5.73 Å². The Balaban J connectivity index is 2.11. The normalized spacial score (nSPS) is 28.3. The van der Waals surface area contributed by atoms with Crippen LogP contribution in [0.25, 0.3) is 0 Å². The number of nitrogens with zero attached hydrogens (tertiary/aromatic N) is 1. The average Bonchev–Trinajstić information content (AvgIpc) is 2.41. The Labute approximate surface area is 131 Å². The van der Waals surface area contributed by atoms with E-state index in [4.69, 9.17) is 10.5 Å². The van der Waals surface area contributed by atoms with E-state index in [-0.39, 0.29) is 37.8 Å². The van der Waals surface area contributed by atoms with Crippen LogP contribution in [0.1, 0.15) is 65.7 Å². The van der Waals surface area contributed by atoms with Crippen LogP contribution in [0.3, 0.4) is 0 Å². The van der Waals surface area contributed by atoms with Gasteiger partial charge in [0.2, 0.25) is 5.92 Å². The third kappa shape index (κ3) is 4.09. The fourth-order valence-electron chi connectivity index (χ4n) is 3.48. The Bertz CT molecular complexity index is 411. The Morgan fingerprint density at radius 3 is 2.32 bits per heavy atom. The molecule has 1 atom stereocenters. The van der Waals surface area contributed by atoms with Gasteiger partial charge in [0.1, 0.15) is 5.60 Å². The van der Waals surface area contributed by atoms with E-state index in [0.717, 1.165) is 19.3 Å². The van der Waals surface area contributed by atoms with E-state index in [1.807, 2.05) is 20.8 Å². The van der Waals surface area contributed by atoms with Gasteiger partial charge in [-0.05, 0) is 52.9 Å². The van der Waals surface area contributed by atoms with Crippen molar-refractivity contribution in [2.75, 3.05) is 6.54 Å². The number of hydrogen-bond acceptors (Lipinski definition) is 3. The molecule has 1 aliphatic heterocycles. The Kier molecular flexibility index (Phi) is 4.71. The minimum Gasteiger partial charge on any atom is -0.444 e. The zero-order chi connectivity index (χ0) is 16.6. The standard InChI is InChI=1S/C16H28F2N2O2/c1-14(2,3)22-13(21)20-11-5-4-6-12(20)15(19)7-9-16(17,18)10-8-15/h12H,4-11,19H2,1-3H3. The number of alkyl halides is 2. The highest BCUT2D eigenvalue weighted by Crippen LogP contribution is 2.42. The smallest absolute Gasteiger partial charge is 0.410 e. The molecule has 22 heavy (non-hydrogen) atoms. The number of carbonyl (C=O) groups is 1. The lowest BCUT2D eigenvalue weighted by molar-refractivity contribution is -0.0685. The van der Waals surface area contributed by atoms with Crippen molar-refractivity contribution in [2.45, 2.75) is 88.8 Å². The Morgan fingerprint density at radius 1 is 1.18 bits per heavy atom. The third-order valence-corrected chi connectivity index (χ3v) is 4.71. The van der Waals surface area contributed by atoms with Gasteiger partial charge in [-0.3, -0.25) is 0 Å². The van der Waals surface area contributed by atoms with Gasteiger partial charge >= 0.3 is 6.09 Å². The van der Waals surface area contributed by atoms with Crippen LogP contribution in [0.15, 0.2) is 0 Å². The van der Waals surface area contributed by atoms with Gasteiger partial charge in [0.05, 0.1) is 6.04 Å². The molecule has 6 heteroatoms. The van der Waals surface area contributed by atoms with Crippen LogP contribution in [0, 0.1) is 0 Å². The van der Waals surface area contributed by atoms with Crippen LogP contribution in [0.2, 0.25) is 0 Å². The van der Waals surface area contributed by atoms with Crippen molar-refractivity contribution >= 4 is 6.09 Å². The molecule has 1 saturated heterocycles. The number of piperidine rings is 1. The molecule has 1 saturated carbocycles. The van der Waals surface area contributed by atoms with Crippen LogP contribution in [0.4, 0.5) is 13.6 Å². The quantitative estimate of drug-likeness (QED) is 0.802. The molecule has 1 aliphatic carbocycles. The molecule has 0 aromatic carbocycles. The number of hydrogen-bond donors (Lipinski definition) is 1. The van der Waals surface area contributed by atoms with E-state index >= 15 is 0 Å². The molecule has 1 amide bonds. The first kappa shape index (κ1) is 17.4. The summed E-state index contributed by atoms with van der Waals surface area (Å²) in [6.07, 6.45) is 2.39. The van der Waals surface area contributed by atoms with Crippen LogP contribution in [-0.4, -0.2) is 40.6 Å². The van der Waals surface area contributed by atoms with Gasteiger partial charge in [0.25, 0.3) is 0 Å². The van der Waals surface area contributed by atoms with Crippen LogP contribution in [-0.2, 0) is 4.74 Å². The Morgan fingerprint density at radius 2 is 1.77 bits per heavy atom. The number of nitrogens with two attached hydrogens (primary N) is 1. The fraction of sp³-hybridized carbons (Fsp3) is 0.938. The minimum absolute atomic E-state index is 0.192. The SMILES string of the molecule is CC(C)(C)OC(=O)N1CCCCC1C1(N)CCC(F)(F)CC1. The lowest BCUT2D eigenvalue weighted by atomic mass is 9.73. The molecule has 4 nitrogen and oxygen atoms in total. The molecule has 0 spiro atoms. The highest BCUT2D eigenvalue weighted by atomic mass is 19.3. The first-order chi connectivity index (χ1) is 10.0. The van der Waals surface area contributed by atoms with Gasteiger partial charge in [-0.15, -0.1) is 0 Å². The van der Waals surface area contributed by atoms with E-state index in [1.165, 1.54) is 0 Å². The monoisotopic (exact) mass is 318 g/mol. The van der Waals surface area contributed by atoms with Gasteiger partial charge in [-0.1, -0.05) is 0 Å². The van der Waals surface area contributed by atoms with Crippen molar-refractivity contribution in [1.82, 2.24) is 4.90 Å². The molecule has 0 aromatic rings. The minimum atomic E-state index is -2.62. The topological polar surface area (TPSA) is 55.6 Å². The second kappa shape index (κ2) is 5.95. The molecule has 1 heterocycles. The maximum absolute atomic E-state index is 13.4. The summed E-state index contributed by atoms with van der Waals surface area (Å²) in [4.78, 5) is 14.1. The number of amides is 1. The molecule has 0 bridgehead atoms. The zero-order valence-electron chi connectivity index (χ0n) is 13.8. The van der Waals surface area contributed by atoms with Crippen molar-refractivity contribution in [3.63, 3.8) is 0 Å². The molecular weight excluding hydrogens is 290 g/mol. The zero-order valence-corrected chi connectivity index (χ0v) is 13.8. The lowest BCUT2D eigenvalue weighted by Crippen LogP contribution is -2.63. The first-order valence-corrected chi connectivity index (χ1v) is 8.19.